The van der Waals surface area contributed by atoms with Crippen LogP contribution in [0.3, 0.4) is 0 Å². The highest BCUT2D eigenvalue weighted by atomic mass is 35.5. The second-order valence-electron chi connectivity index (χ2n) is 12.2. The summed E-state index contributed by atoms with van der Waals surface area (Å²) >= 11 is 6.48. The maximum absolute atomic E-state index is 14.6. The van der Waals surface area contributed by atoms with Gasteiger partial charge < -0.3 is 25.4 Å². The molecule has 0 aliphatic carbocycles. The number of halogens is 1. The molecule has 0 aliphatic rings. The molecule has 2 atom stereocenters. The summed E-state index contributed by atoms with van der Waals surface area (Å²) in [7, 11) is 0. The van der Waals surface area contributed by atoms with Gasteiger partial charge in [0.2, 0.25) is 5.91 Å². The number of hydrogen-bond acceptors (Lipinski definition) is 5. The van der Waals surface area contributed by atoms with Gasteiger partial charge in [-0.05, 0) is 69.0 Å². The van der Waals surface area contributed by atoms with Gasteiger partial charge >= 0.3 is 6.09 Å². The van der Waals surface area contributed by atoms with Gasteiger partial charge in [-0.25, -0.2) is 4.79 Å². The lowest BCUT2D eigenvalue weighted by atomic mass is 9.99. The summed E-state index contributed by atoms with van der Waals surface area (Å²) in [6.07, 6.45) is 4.13. The molecule has 0 bridgehead atoms. The Kier molecular flexibility index (Phi) is 13.3. The summed E-state index contributed by atoms with van der Waals surface area (Å²) < 4.78 is 5.53. The van der Waals surface area contributed by atoms with Gasteiger partial charge in [-0.3, -0.25) is 9.59 Å². The number of phenolic OH excluding ortho intramolecular Hbond substituents is 1. The molecule has 0 aromatic heterocycles. The number of para-hydroxylation sites is 1. The number of phenols is 1. The number of unbranched alkanes of at least 4 members (excludes halogenated alkanes) is 4. The number of amides is 3. The molecule has 0 aliphatic heterocycles. The van der Waals surface area contributed by atoms with Gasteiger partial charge in [-0.1, -0.05) is 98.8 Å². The van der Waals surface area contributed by atoms with Crippen LogP contribution in [0, 0.1) is 6.92 Å². The monoisotopic (exact) mass is 635 g/mol. The number of nitrogens with zero attached hydrogens (tertiary/aromatic N) is 1. The van der Waals surface area contributed by atoms with E-state index >= 15 is 0 Å². The van der Waals surface area contributed by atoms with E-state index in [2.05, 4.69) is 17.6 Å². The topological polar surface area (TPSA) is 108 Å². The number of nitrogens with one attached hydrogen (secondary N) is 2. The maximum Gasteiger partial charge on any atom is 0.408 e. The zero-order chi connectivity index (χ0) is 33.0. The van der Waals surface area contributed by atoms with Crippen LogP contribution < -0.4 is 10.6 Å². The Balaban J connectivity index is 2.08. The standard InChI is InChI=1S/C36H46ClN3O5/c1-6-7-8-9-13-23-40(34(43)30(24-26-16-11-10-12-17-26)38-35(44)45-36(3,4)5)32(27-19-21-28(41)22-20-27)33(42)39-31-25(2)15-14-18-29(31)37/h10-12,14-22,30,32,41H,6-9,13,23-24H2,1-5H3,(H,38,44)(H,39,42). The van der Waals surface area contributed by atoms with Crippen LogP contribution in [0.4, 0.5) is 10.5 Å². The fraction of sp³-hybridized carbons (Fsp3) is 0.417. The van der Waals surface area contributed by atoms with Crippen molar-refractivity contribution in [2.24, 2.45) is 0 Å². The van der Waals surface area contributed by atoms with E-state index in [4.69, 9.17) is 16.3 Å². The normalized spacial score (nSPS) is 12.6. The van der Waals surface area contributed by atoms with Gasteiger partial charge in [0.25, 0.3) is 5.91 Å². The highest BCUT2D eigenvalue weighted by Crippen LogP contribution is 2.30. The zero-order valence-electron chi connectivity index (χ0n) is 26.9. The molecule has 3 aromatic carbocycles. The lowest BCUT2D eigenvalue weighted by Crippen LogP contribution is -2.53. The number of ether oxygens (including phenoxy) is 1. The minimum Gasteiger partial charge on any atom is -0.508 e. The molecule has 0 saturated carbocycles. The average Bonchev–Trinajstić information content (AvgIpc) is 2.98. The molecular weight excluding hydrogens is 590 g/mol. The molecule has 3 amide bonds. The van der Waals surface area contributed by atoms with Crippen LogP contribution in [-0.2, 0) is 20.7 Å². The molecule has 0 radical (unpaired) electrons. The lowest BCUT2D eigenvalue weighted by molar-refractivity contribution is -0.140. The summed E-state index contributed by atoms with van der Waals surface area (Å²) in [5.74, 6) is -0.857. The summed E-state index contributed by atoms with van der Waals surface area (Å²) in [5, 5.41) is 16.2. The summed E-state index contributed by atoms with van der Waals surface area (Å²) in [6, 6.07) is 18.8. The van der Waals surface area contributed by atoms with Crippen molar-refractivity contribution in [3.63, 3.8) is 0 Å². The van der Waals surface area contributed by atoms with Gasteiger partial charge in [-0.15, -0.1) is 0 Å². The quantitative estimate of drug-likeness (QED) is 0.156. The minimum atomic E-state index is -1.08. The first-order chi connectivity index (χ1) is 21.4. The fourth-order valence-corrected chi connectivity index (χ4v) is 5.33. The molecule has 0 spiro atoms. The van der Waals surface area contributed by atoms with E-state index in [0.717, 1.165) is 36.8 Å². The molecule has 0 heterocycles. The van der Waals surface area contributed by atoms with Crippen LogP contribution in [0.1, 0.15) is 82.5 Å². The van der Waals surface area contributed by atoms with Crippen molar-refractivity contribution in [2.75, 3.05) is 11.9 Å². The zero-order valence-corrected chi connectivity index (χ0v) is 27.7. The van der Waals surface area contributed by atoms with Crippen LogP contribution in [-0.4, -0.2) is 46.1 Å². The third-order valence-electron chi connectivity index (χ3n) is 7.30. The van der Waals surface area contributed by atoms with Crippen molar-refractivity contribution in [3.8, 4) is 5.75 Å². The molecule has 2 unspecified atom stereocenters. The predicted molar refractivity (Wildman–Crippen MR) is 179 cm³/mol. The number of alkyl carbamates (subject to hydrolysis) is 1. The first-order valence-corrected chi connectivity index (χ1v) is 16.0. The van der Waals surface area contributed by atoms with Crippen molar-refractivity contribution < 1.29 is 24.2 Å². The molecule has 0 fully saturated rings. The third-order valence-corrected chi connectivity index (χ3v) is 7.61. The third kappa shape index (κ3) is 11.1. The Morgan fingerprint density at radius 1 is 0.911 bits per heavy atom. The maximum atomic E-state index is 14.6. The number of aryl methyl sites for hydroxylation is 1. The van der Waals surface area contributed by atoms with Gasteiger partial charge in [0.05, 0.1) is 10.7 Å². The number of carbonyl (C=O) groups excluding carboxylic acids is 3. The highest BCUT2D eigenvalue weighted by Gasteiger charge is 2.36. The summed E-state index contributed by atoms with van der Waals surface area (Å²) in [4.78, 5) is 43.4. The Hall–Kier alpha value is -4.04. The van der Waals surface area contributed by atoms with Gasteiger partial charge in [0, 0.05) is 13.0 Å². The second kappa shape index (κ2) is 16.9. The number of carbonyl (C=O) groups is 3. The van der Waals surface area contributed by atoms with Crippen molar-refractivity contribution in [1.29, 1.82) is 0 Å². The molecule has 45 heavy (non-hydrogen) atoms. The number of benzene rings is 3. The van der Waals surface area contributed by atoms with Crippen LogP contribution in [0.15, 0.2) is 72.8 Å². The predicted octanol–water partition coefficient (Wildman–Crippen LogP) is 7.97. The molecule has 8 nitrogen and oxygen atoms in total. The van der Waals surface area contributed by atoms with E-state index in [-0.39, 0.29) is 18.7 Å². The van der Waals surface area contributed by atoms with Crippen molar-refractivity contribution >= 4 is 35.2 Å². The van der Waals surface area contributed by atoms with E-state index in [0.29, 0.717) is 22.7 Å². The van der Waals surface area contributed by atoms with Crippen LogP contribution in [0.2, 0.25) is 5.02 Å². The van der Waals surface area contributed by atoms with E-state index in [1.54, 1.807) is 45.0 Å². The minimum absolute atomic E-state index is 0.0332. The van der Waals surface area contributed by atoms with Crippen molar-refractivity contribution in [3.05, 3.63) is 94.5 Å². The Morgan fingerprint density at radius 2 is 1.58 bits per heavy atom. The number of anilines is 1. The van der Waals surface area contributed by atoms with E-state index < -0.39 is 35.6 Å². The molecule has 3 N–H and O–H groups in total. The van der Waals surface area contributed by atoms with Crippen molar-refractivity contribution in [2.45, 2.75) is 90.8 Å². The lowest BCUT2D eigenvalue weighted by Gasteiger charge is -2.35. The van der Waals surface area contributed by atoms with Gasteiger partial charge in [-0.2, -0.15) is 0 Å². The first-order valence-electron chi connectivity index (χ1n) is 15.6. The van der Waals surface area contributed by atoms with Crippen LogP contribution >= 0.6 is 11.6 Å². The average molecular weight is 636 g/mol. The smallest absolute Gasteiger partial charge is 0.408 e. The molecule has 3 aromatic rings. The van der Waals surface area contributed by atoms with E-state index in [1.807, 2.05) is 43.3 Å². The number of aromatic hydroxyl groups is 1. The summed E-state index contributed by atoms with van der Waals surface area (Å²) in [6.45, 7) is 9.51. The van der Waals surface area contributed by atoms with E-state index in [9.17, 15) is 19.5 Å². The number of hydrogen-bond donors (Lipinski definition) is 3. The second-order valence-corrected chi connectivity index (χ2v) is 12.7. The Morgan fingerprint density at radius 3 is 2.20 bits per heavy atom. The summed E-state index contributed by atoms with van der Waals surface area (Å²) in [5.41, 5.74) is 1.80. The van der Waals surface area contributed by atoms with Crippen LogP contribution in [0.5, 0.6) is 5.75 Å². The molecule has 3 rings (SSSR count). The largest absolute Gasteiger partial charge is 0.508 e. The van der Waals surface area contributed by atoms with Gasteiger partial charge in [0.15, 0.2) is 0 Å². The highest BCUT2D eigenvalue weighted by molar-refractivity contribution is 6.34. The molecule has 0 saturated heterocycles. The molecule has 242 valence electrons. The van der Waals surface area contributed by atoms with Crippen LogP contribution in [0.25, 0.3) is 0 Å². The SMILES string of the molecule is CCCCCCCN(C(=O)C(Cc1ccccc1)NC(=O)OC(C)(C)C)C(C(=O)Nc1c(C)cccc1Cl)c1ccc(O)cc1. The van der Waals surface area contributed by atoms with Crippen molar-refractivity contribution in [1.82, 2.24) is 10.2 Å². The van der Waals surface area contributed by atoms with E-state index in [1.165, 1.54) is 17.0 Å². The van der Waals surface area contributed by atoms with Gasteiger partial charge in [0.1, 0.15) is 23.4 Å². The fourth-order valence-electron chi connectivity index (χ4n) is 5.06. The Labute approximate surface area is 272 Å². The Bertz CT molecular complexity index is 1390. The number of rotatable bonds is 14. The molecular formula is C36H46ClN3O5. The first kappa shape index (κ1) is 35.4. The molecule has 9 heteroatoms.